The normalized spacial score (nSPS) is 12.8. The first-order valence-electron chi connectivity index (χ1n) is 4.52. The van der Waals surface area contributed by atoms with Gasteiger partial charge in [-0.1, -0.05) is 24.3 Å². The van der Waals surface area contributed by atoms with Gasteiger partial charge < -0.3 is 14.6 Å². The molecule has 1 atom stereocenters. The van der Waals surface area contributed by atoms with Crippen molar-refractivity contribution in [2.24, 2.45) is 0 Å². The van der Waals surface area contributed by atoms with E-state index in [2.05, 4.69) is 0 Å². The highest BCUT2D eigenvalue weighted by atomic mass is 16.5. The standard InChI is InChI=1S/C11H16O3/c1-13-7-9-4-3-5-10(6-9)11(12)8-14-2/h3-6,11-12H,7-8H2,1-2H3. The molecule has 1 N–H and O–H groups in total. The summed E-state index contributed by atoms with van der Waals surface area (Å²) in [4.78, 5) is 0. The molecule has 3 heteroatoms. The molecule has 0 heterocycles. The Morgan fingerprint density at radius 2 is 2.07 bits per heavy atom. The van der Waals surface area contributed by atoms with E-state index in [0.717, 1.165) is 11.1 Å². The van der Waals surface area contributed by atoms with E-state index < -0.39 is 6.10 Å². The molecule has 0 spiro atoms. The second-order valence-electron chi connectivity index (χ2n) is 3.15. The fourth-order valence-electron chi connectivity index (χ4n) is 1.31. The highest BCUT2D eigenvalue weighted by Crippen LogP contribution is 2.15. The smallest absolute Gasteiger partial charge is 0.102 e. The number of benzene rings is 1. The third-order valence-corrected chi connectivity index (χ3v) is 1.97. The number of ether oxygens (including phenoxy) is 2. The minimum Gasteiger partial charge on any atom is -0.386 e. The number of aliphatic hydroxyl groups is 1. The number of methoxy groups -OCH3 is 2. The van der Waals surface area contributed by atoms with Crippen LogP contribution in [-0.4, -0.2) is 25.9 Å². The lowest BCUT2D eigenvalue weighted by molar-refractivity contribution is 0.0642. The van der Waals surface area contributed by atoms with Crippen molar-refractivity contribution < 1.29 is 14.6 Å². The van der Waals surface area contributed by atoms with Gasteiger partial charge in [0.05, 0.1) is 13.2 Å². The second-order valence-corrected chi connectivity index (χ2v) is 3.15. The Kier molecular flexibility index (Phi) is 4.59. The van der Waals surface area contributed by atoms with Crippen molar-refractivity contribution in [3.05, 3.63) is 35.4 Å². The summed E-state index contributed by atoms with van der Waals surface area (Å²) in [5.74, 6) is 0. The minimum atomic E-state index is -0.559. The summed E-state index contributed by atoms with van der Waals surface area (Å²) in [5, 5.41) is 9.65. The zero-order valence-electron chi connectivity index (χ0n) is 8.56. The first-order chi connectivity index (χ1) is 6.77. The molecule has 0 saturated heterocycles. The van der Waals surface area contributed by atoms with E-state index in [1.54, 1.807) is 14.2 Å². The number of hydrogen-bond donors (Lipinski definition) is 1. The predicted molar refractivity (Wildman–Crippen MR) is 54.0 cm³/mol. The molecular formula is C11H16O3. The quantitative estimate of drug-likeness (QED) is 0.775. The molecule has 0 aliphatic rings. The van der Waals surface area contributed by atoms with Crippen molar-refractivity contribution >= 4 is 0 Å². The maximum absolute atomic E-state index is 9.65. The molecule has 0 aliphatic carbocycles. The molecule has 1 unspecified atom stereocenters. The van der Waals surface area contributed by atoms with E-state index in [1.165, 1.54) is 0 Å². The molecule has 0 saturated carbocycles. The molecule has 1 rings (SSSR count). The Morgan fingerprint density at radius 1 is 1.29 bits per heavy atom. The van der Waals surface area contributed by atoms with Gasteiger partial charge in [0, 0.05) is 14.2 Å². The first-order valence-corrected chi connectivity index (χ1v) is 4.52. The van der Waals surface area contributed by atoms with Crippen LogP contribution in [0.25, 0.3) is 0 Å². The number of aliphatic hydroxyl groups excluding tert-OH is 1. The zero-order chi connectivity index (χ0) is 10.4. The van der Waals surface area contributed by atoms with Crippen molar-refractivity contribution in [2.75, 3.05) is 20.8 Å². The van der Waals surface area contributed by atoms with E-state index in [-0.39, 0.29) is 0 Å². The van der Waals surface area contributed by atoms with Gasteiger partial charge in [-0.3, -0.25) is 0 Å². The van der Waals surface area contributed by atoms with E-state index >= 15 is 0 Å². The van der Waals surface area contributed by atoms with Crippen LogP contribution in [0.3, 0.4) is 0 Å². The summed E-state index contributed by atoms with van der Waals surface area (Å²) in [6, 6.07) is 7.67. The maximum atomic E-state index is 9.65. The third kappa shape index (κ3) is 3.10. The Labute approximate surface area is 84.3 Å². The lowest BCUT2D eigenvalue weighted by atomic mass is 10.1. The summed E-state index contributed by atoms with van der Waals surface area (Å²) in [6.45, 7) is 0.879. The fraction of sp³-hybridized carbons (Fsp3) is 0.455. The predicted octanol–water partition coefficient (Wildman–Crippen LogP) is 1.51. The van der Waals surface area contributed by atoms with E-state index in [0.29, 0.717) is 13.2 Å². The SMILES string of the molecule is COCc1cccc(C(O)COC)c1. The van der Waals surface area contributed by atoms with Crippen LogP contribution >= 0.6 is 0 Å². The molecule has 0 radical (unpaired) electrons. The molecule has 14 heavy (non-hydrogen) atoms. The Bertz CT molecular complexity index is 273. The zero-order valence-corrected chi connectivity index (χ0v) is 8.56. The van der Waals surface area contributed by atoms with Gasteiger partial charge in [0.2, 0.25) is 0 Å². The van der Waals surface area contributed by atoms with Crippen LogP contribution in [0, 0.1) is 0 Å². The Morgan fingerprint density at radius 3 is 2.71 bits per heavy atom. The molecule has 0 bridgehead atoms. The molecule has 1 aromatic carbocycles. The van der Waals surface area contributed by atoms with Gasteiger partial charge in [0.25, 0.3) is 0 Å². The van der Waals surface area contributed by atoms with Gasteiger partial charge in [0.1, 0.15) is 6.10 Å². The summed E-state index contributed by atoms with van der Waals surface area (Å²) in [7, 11) is 3.22. The van der Waals surface area contributed by atoms with E-state index in [9.17, 15) is 5.11 Å². The lowest BCUT2D eigenvalue weighted by Crippen LogP contribution is -2.05. The average molecular weight is 196 g/mol. The van der Waals surface area contributed by atoms with Crippen LogP contribution in [0.5, 0.6) is 0 Å². The average Bonchev–Trinajstić information content (AvgIpc) is 2.19. The molecule has 0 aromatic heterocycles. The van der Waals surface area contributed by atoms with Gasteiger partial charge in [0.15, 0.2) is 0 Å². The van der Waals surface area contributed by atoms with Crippen LogP contribution in [0.1, 0.15) is 17.2 Å². The Balaban J connectivity index is 2.71. The van der Waals surface area contributed by atoms with Crippen LogP contribution in [-0.2, 0) is 16.1 Å². The van der Waals surface area contributed by atoms with Crippen molar-refractivity contribution in [2.45, 2.75) is 12.7 Å². The van der Waals surface area contributed by atoms with Crippen LogP contribution in [0.15, 0.2) is 24.3 Å². The third-order valence-electron chi connectivity index (χ3n) is 1.97. The highest BCUT2D eigenvalue weighted by molar-refractivity contribution is 5.24. The highest BCUT2D eigenvalue weighted by Gasteiger charge is 2.06. The van der Waals surface area contributed by atoms with Crippen LogP contribution in [0.2, 0.25) is 0 Å². The molecule has 78 valence electrons. The summed E-state index contributed by atoms with van der Waals surface area (Å²) in [5.41, 5.74) is 1.92. The van der Waals surface area contributed by atoms with Gasteiger partial charge in [-0.25, -0.2) is 0 Å². The van der Waals surface area contributed by atoms with E-state index in [4.69, 9.17) is 9.47 Å². The molecule has 0 fully saturated rings. The van der Waals surface area contributed by atoms with Crippen molar-refractivity contribution in [1.82, 2.24) is 0 Å². The van der Waals surface area contributed by atoms with Gasteiger partial charge in [-0.05, 0) is 11.1 Å². The van der Waals surface area contributed by atoms with Crippen molar-refractivity contribution in [1.29, 1.82) is 0 Å². The van der Waals surface area contributed by atoms with Gasteiger partial charge in [-0.15, -0.1) is 0 Å². The molecule has 0 aliphatic heterocycles. The molecule has 0 amide bonds. The molecule has 3 nitrogen and oxygen atoms in total. The monoisotopic (exact) mass is 196 g/mol. The lowest BCUT2D eigenvalue weighted by Gasteiger charge is -2.10. The Hall–Kier alpha value is -0.900. The van der Waals surface area contributed by atoms with Gasteiger partial charge in [-0.2, -0.15) is 0 Å². The van der Waals surface area contributed by atoms with Gasteiger partial charge >= 0.3 is 0 Å². The first kappa shape index (κ1) is 11.2. The number of rotatable bonds is 5. The number of hydrogen-bond acceptors (Lipinski definition) is 3. The largest absolute Gasteiger partial charge is 0.386 e. The second kappa shape index (κ2) is 5.75. The van der Waals surface area contributed by atoms with E-state index in [1.807, 2.05) is 24.3 Å². The fourth-order valence-corrected chi connectivity index (χ4v) is 1.31. The van der Waals surface area contributed by atoms with Crippen LogP contribution in [0.4, 0.5) is 0 Å². The maximum Gasteiger partial charge on any atom is 0.102 e. The van der Waals surface area contributed by atoms with Crippen molar-refractivity contribution in [3.63, 3.8) is 0 Å². The topological polar surface area (TPSA) is 38.7 Å². The molecule has 1 aromatic rings. The molecular weight excluding hydrogens is 180 g/mol. The van der Waals surface area contributed by atoms with Crippen molar-refractivity contribution in [3.8, 4) is 0 Å². The van der Waals surface area contributed by atoms with Crippen LogP contribution < -0.4 is 0 Å². The summed E-state index contributed by atoms with van der Waals surface area (Å²) in [6.07, 6.45) is -0.559. The summed E-state index contributed by atoms with van der Waals surface area (Å²) < 4.78 is 9.89. The summed E-state index contributed by atoms with van der Waals surface area (Å²) >= 11 is 0. The minimum absolute atomic E-state index is 0.316.